The van der Waals surface area contributed by atoms with E-state index in [0.717, 1.165) is 27.8 Å². The zero-order chi connectivity index (χ0) is 19.1. The molecular weight excluding hydrogens is 350 g/mol. The minimum Gasteiger partial charge on any atom is -0.509 e. The van der Waals surface area contributed by atoms with Gasteiger partial charge in [-0.05, 0) is 66.8 Å². The molecule has 0 saturated carbocycles. The highest BCUT2D eigenvalue weighted by molar-refractivity contribution is 6.30. The van der Waals surface area contributed by atoms with Gasteiger partial charge in [0.2, 0.25) is 0 Å². The molecule has 1 amide bonds. The number of aryl methyl sites for hydroxylation is 2. The van der Waals surface area contributed by atoms with E-state index in [1.165, 1.54) is 0 Å². The van der Waals surface area contributed by atoms with Crippen LogP contribution in [0.4, 0.5) is 0 Å². The van der Waals surface area contributed by atoms with E-state index in [9.17, 15) is 9.90 Å². The fourth-order valence-electron chi connectivity index (χ4n) is 3.46. The molecule has 4 nitrogen and oxygen atoms in total. The third kappa shape index (κ3) is 3.11. The highest BCUT2D eigenvalue weighted by Gasteiger charge is 2.42. The van der Waals surface area contributed by atoms with E-state index in [1.807, 2.05) is 50.2 Å². The summed E-state index contributed by atoms with van der Waals surface area (Å²) in [5.74, 6) is -0.283. The molecular formula is C21H22ClNO3. The lowest BCUT2D eigenvalue weighted by molar-refractivity contribution is -0.116. The van der Waals surface area contributed by atoms with Gasteiger partial charge in [0.25, 0.3) is 5.91 Å². The van der Waals surface area contributed by atoms with Gasteiger partial charge in [0, 0.05) is 12.1 Å². The predicted octanol–water partition coefficient (Wildman–Crippen LogP) is 4.43. The second-order valence-electron chi connectivity index (χ2n) is 6.93. The van der Waals surface area contributed by atoms with Gasteiger partial charge in [0.05, 0.1) is 12.2 Å². The molecule has 0 spiro atoms. The van der Waals surface area contributed by atoms with Gasteiger partial charge in [-0.1, -0.05) is 29.8 Å². The molecule has 1 aliphatic heterocycles. The van der Waals surface area contributed by atoms with Gasteiger partial charge in [-0.15, -0.1) is 0 Å². The van der Waals surface area contributed by atoms with Crippen molar-refractivity contribution >= 4 is 23.1 Å². The fraction of sp³-hybridized carbons (Fsp3) is 0.286. The standard InChI is InChI=1S/C21H22ClNO3/c1-12-9-13(2)17(10-16(12)14-5-7-15(22)8-6-14)18-19(24)21(3,11-26-4)23-20(18)25/h5-10,24H,11H2,1-4H3,(H,23,25). The monoisotopic (exact) mass is 371 g/mol. The highest BCUT2D eigenvalue weighted by Crippen LogP contribution is 2.36. The van der Waals surface area contributed by atoms with Crippen LogP contribution in [0.1, 0.15) is 23.6 Å². The van der Waals surface area contributed by atoms with Crippen molar-refractivity contribution in [3.63, 3.8) is 0 Å². The average molecular weight is 372 g/mol. The summed E-state index contributed by atoms with van der Waals surface area (Å²) in [6, 6.07) is 11.6. The predicted molar refractivity (Wildman–Crippen MR) is 104 cm³/mol. The number of rotatable bonds is 4. The van der Waals surface area contributed by atoms with Crippen molar-refractivity contribution < 1.29 is 14.6 Å². The Labute approximate surface area is 158 Å². The van der Waals surface area contributed by atoms with Gasteiger partial charge < -0.3 is 15.2 Å². The van der Waals surface area contributed by atoms with E-state index in [0.29, 0.717) is 10.6 Å². The third-order valence-corrected chi connectivity index (χ3v) is 5.06. The van der Waals surface area contributed by atoms with Crippen LogP contribution in [0, 0.1) is 13.8 Å². The molecule has 0 bridgehead atoms. The number of benzene rings is 2. The molecule has 26 heavy (non-hydrogen) atoms. The lowest BCUT2D eigenvalue weighted by Crippen LogP contribution is -2.45. The molecule has 136 valence electrons. The van der Waals surface area contributed by atoms with Crippen LogP contribution < -0.4 is 5.32 Å². The summed E-state index contributed by atoms with van der Waals surface area (Å²) in [7, 11) is 1.54. The Morgan fingerprint density at radius 3 is 2.35 bits per heavy atom. The number of carbonyl (C=O) groups is 1. The fourth-order valence-corrected chi connectivity index (χ4v) is 3.59. The quantitative estimate of drug-likeness (QED) is 0.835. The van der Waals surface area contributed by atoms with Crippen LogP contribution in [0.3, 0.4) is 0 Å². The maximum absolute atomic E-state index is 12.6. The minimum atomic E-state index is -0.918. The first kappa shape index (κ1) is 18.5. The lowest BCUT2D eigenvalue weighted by Gasteiger charge is -2.23. The smallest absolute Gasteiger partial charge is 0.256 e. The van der Waals surface area contributed by atoms with Crippen LogP contribution in [0.15, 0.2) is 42.2 Å². The first-order valence-electron chi connectivity index (χ1n) is 8.39. The van der Waals surface area contributed by atoms with Crippen molar-refractivity contribution in [2.75, 3.05) is 13.7 Å². The van der Waals surface area contributed by atoms with Gasteiger partial charge in [0.1, 0.15) is 11.3 Å². The summed E-state index contributed by atoms with van der Waals surface area (Å²) in [5.41, 5.74) is 4.12. The van der Waals surface area contributed by atoms with E-state index in [1.54, 1.807) is 14.0 Å². The topological polar surface area (TPSA) is 58.6 Å². The zero-order valence-corrected chi connectivity index (χ0v) is 16.1. The SMILES string of the molecule is COCC1(C)NC(=O)C(c2cc(-c3ccc(Cl)cc3)c(C)cc2C)=C1O. The van der Waals surface area contributed by atoms with Gasteiger partial charge in [-0.3, -0.25) is 4.79 Å². The maximum Gasteiger partial charge on any atom is 0.256 e. The summed E-state index contributed by atoms with van der Waals surface area (Å²) in [5, 5.41) is 14.3. The molecule has 2 aromatic rings. The van der Waals surface area contributed by atoms with Crippen LogP contribution in [0.25, 0.3) is 16.7 Å². The lowest BCUT2D eigenvalue weighted by atomic mass is 9.90. The molecule has 1 unspecified atom stereocenters. The number of halogens is 1. The molecule has 0 fully saturated rings. The molecule has 1 aliphatic rings. The van der Waals surface area contributed by atoms with E-state index < -0.39 is 5.54 Å². The number of methoxy groups -OCH3 is 1. The van der Waals surface area contributed by atoms with Gasteiger partial charge in [-0.2, -0.15) is 0 Å². The summed E-state index contributed by atoms with van der Waals surface area (Å²) >= 11 is 5.99. The number of carbonyl (C=O) groups excluding carboxylic acids is 1. The van der Waals surface area contributed by atoms with Crippen LogP contribution in [0.5, 0.6) is 0 Å². The Bertz CT molecular complexity index is 902. The normalized spacial score (nSPS) is 19.8. The van der Waals surface area contributed by atoms with E-state index in [-0.39, 0.29) is 18.3 Å². The first-order valence-corrected chi connectivity index (χ1v) is 8.77. The average Bonchev–Trinajstić information content (AvgIpc) is 2.79. The van der Waals surface area contributed by atoms with Crippen LogP contribution in [-0.2, 0) is 9.53 Å². The number of ether oxygens (including phenoxy) is 1. The minimum absolute atomic E-state index is 0.0124. The van der Waals surface area contributed by atoms with Crippen molar-refractivity contribution in [1.29, 1.82) is 0 Å². The van der Waals surface area contributed by atoms with Crippen molar-refractivity contribution in [1.82, 2.24) is 5.32 Å². The van der Waals surface area contributed by atoms with E-state index in [2.05, 4.69) is 5.32 Å². The van der Waals surface area contributed by atoms with Crippen molar-refractivity contribution in [2.45, 2.75) is 26.3 Å². The Kier molecular flexibility index (Phi) is 4.82. The summed E-state index contributed by atoms with van der Waals surface area (Å²) in [6.07, 6.45) is 0. The van der Waals surface area contributed by atoms with Crippen molar-refractivity contribution in [2.24, 2.45) is 0 Å². The van der Waals surface area contributed by atoms with Crippen molar-refractivity contribution in [3.05, 3.63) is 63.9 Å². The highest BCUT2D eigenvalue weighted by atomic mass is 35.5. The molecule has 2 aromatic carbocycles. The number of hydrogen-bond acceptors (Lipinski definition) is 3. The van der Waals surface area contributed by atoms with Crippen molar-refractivity contribution in [3.8, 4) is 11.1 Å². The number of hydrogen-bond donors (Lipinski definition) is 2. The maximum atomic E-state index is 12.6. The summed E-state index contributed by atoms with van der Waals surface area (Å²) < 4.78 is 5.16. The summed E-state index contributed by atoms with van der Waals surface area (Å²) in [4.78, 5) is 12.6. The largest absolute Gasteiger partial charge is 0.509 e. The number of nitrogens with one attached hydrogen (secondary N) is 1. The second-order valence-corrected chi connectivity index (χ2v) is 7.37. The molecule has 5 heteroatoms. The van der Waals surface area contributed by atoms with Gasteiger partial charge in [-0.25, -0.2) is 0 Å². The Morgan fingerprint density at radius 2 is 1.73 bits per heavy atom. The Hall–Kier alpha value is -2.30. The van der Waals surface area contributed by atoms with E-state index in [4.69, 9.17) is 16.3 Å². The van der Waals surface area contributed by atoms with Crippen LogP contribution in [-0.4, -0.2) is 30.3 Å². The molecule has 0 radical (unpaired) electrons. The zero-order valence-electron chi connectivity index (χ0n) is 15.3. The number of aliphatic hydroxyl groups excluding tert-OH is 1. The molecule has 2 N–H and O–H groups in total. The molecule has 0 aromatic heterocycles. The molecule has 1 heterocycles. The number of aliphatic hydroxyl groups is 1. The second kappa shape index (κ2) is 6.78. The summed E-state index contributed by atoms with van der Waals surface area (Å²) in [6.45, 7) is 5.91. The third-order valence-electron chi connectivity index (χ3n) is 4.80. The Morgan fingerprint density at radius 1 is 1.12 bits per heavy atom. The Balaban J connectivity index is 2.17. The first-order chi connectivity index (χ1) is 12.3. The van der Waals surface area contributed by atoms with Gasteiger partial charge in [0.15, 0.2) is 0 Å². The number of amides is 1. The van der Waals surface area contributed by atoms with Gasteiger partial charge >= 0.3 is 0 Å². The molecule has 0 aliphatic carbocycles. The molecule has 0 saturated heterocycles. The molecule has 1 atom stereocenters. The molecule has 3 rings (SSSR count). The van der Waals surface area contributed by atoms with Crippen LogP contribution >= 0.6 is 11.6 Å². The van der Waals surface area contributed by atoms with E-state index >= 15 is 0 Å². The van der Waals surface area contributed by atoms with Crippen LogP contribution in [0.2, 0.25) is 5.02 Å².